The quantitative estimate of drug-likeness (QED) is 0.706. The summed E-state index contributed by atoms with van der Waals surface area (Å²) in [4.78, 5) is 12.8. The van der Waals surface area contributed by atoms with Gasteiger partial charge in [-0.05, 0) is 25.1 Å². The average Bonchev–Trinajstić information content (AvgIpc) is 2.88. The summed E-state index contributed by atoms with van der Waals surface area (Å²) in [6.07, 6.45) is 3.33. The van der Waals surface area contributed by atoms with Gasteiger partial charge in [0.1, 0.15) is 5.82 Å². The Morgan fingerprint density at radius 2 is 1.94 bits per heavy atom. The van der Waals surface area contributed by atoms with Crippen LogP contribution in [0.5, 0.6) is 0 Å². The largest absolute Gasteiger partial charge is 0.322 e. The lowest BCUT2D eigenvalue weighted by Crippen LogP contribution is -2.06. The van der Waals surface area contributed by atoms with Crippen molar-refractivity contribution in [2.75, 3.05) is 0 Å². The van der Waals surface area contributed by atoms with Crippen molar-refractivity contribution in [1.82, 2.24) is 25.1 Å². The van der Waals surface area contributed by atoms with Crippen molar-refractivity contribution in [2.45, 2.75) is 13.0 Å². The van der Waals surface area contributed by atoms with E-state index in [1.54, 1.807) is 12.4 Å². The molecule has 1 unspecified atom stereocenters. The Morgan fingerprint density at radius 3 is 2.67 bits per heavy atom. The maximum Gasteiger partial charge on any atom is 0.181 e. The van der Waals surface area contributed by atoms with E-state index in [9.17, 15) is 0 Å². The first-order chi connectivity index (χ1) is 8.74. The maximum atomic E-state index is 5.74. The summed E-state index contributed by atoms with van der Waals surface area (Å²) in [5, 5.41) is 6.98. The Kier molecular flexibility index (Phi) is 2.49. The van der Waals surface area contributed by atoms with Crippen LogP contribution in [0.1, 0.15) is 18.8 Å². The SMILES string of the molecule is CC(N)c1nc(-c2ccc3nccnc3c2)n[nH]1. The first-order valence-corrected chi connectivity index (χ1v) is 5.63. The number of fused-ring (bicyclic) bond motifs is 1. The molecular formula is C12H12N6. The second kappa shape index (κ2) is 4.15. The molecule has 2 heterocycles. The minimum atomic E-state index is -0.161. The van der Waals surface area contributed by atoms with Gasteiger partial charge in [-0.25, -0.2) is 4.98 Å². The van der Waals surface area contributed by atoms with Gasteiger partial charge in [0.2, 0.25) is 0 Å². The van der Waals surface area contributed by atoms with Crippen LogP contribution in [0, 0.1) is 0 Å². The van der Waals surface area contributed by atoms with E-state index in [0.717, 1.165) is 16.6 Å². The fourth-order valence-corrected chi connectivity index (χ4v) is 1.71. The van der Waals surface area contributed by atoms with Crippen molar-refractivity contribution < 1.29 is 0 Å². The van der Waals surface area contributed by atoms with E-state index in [0.29, 0.717) is 11.6 Å². The zero-order valence-electron chi connectivity index (χ0n) is 9.83. The minimum absolute atomic E-state index is 0.161. The molecule has 1 atom stereocenters. The Bertz CT molecular complexity index is 688. The molecule has 3 rings (SSSR count). The molecule has 0 spiro atoms. The molecular weight excluding hydrogens is 228 g/mol. The predicted molar refractivity (Wildman–Crippen MR) is 67.5 cm³/mol. The summed E-state index contributed by atoms with van der Waals surface area (Å²) < 4.78 is 0. The highest BCUT2D eigenvalue weighted by Crippen LogP contribution is 2.19. The number of hydrogen-bond donors (Lipinski definition) is 2. The molecule has 0 aliphatic heterocycles. The molecule has 6 heteroatoms. The molecule has 2 aromatic heterocycles. The van der Waals surface area contributed by atoms with Gasteiger partial charge in [-0.3, -0.25) is 15.1 Å². The third-order valence-corrected chi connectivity index (χ3v) is 2.66. The highest BCUT2D eigenvalue weighted by atomic mass is 15.2. The van der Waals surface area contributed by atoms with Gasteiger partial charge in [-0.1, -0.05) is 0 Å². The summed E-state index contributed by atoms with van der Waals surface area (Å²) in [6.45, 7) is 1.86. The molecule has 3 aromatic rings. The molecule has 0 aliphatic carbocycles. The lowest BCUT2D eigenvalue weighted by atomic mass is 10.2. The molecule has 0 saturated heterocycles. The van der Waals surface area contributed by atoms with Crippen LogP contribution in [0.15, 0.2) is 30.6 Å². The summed E-state index contributed by atoms with van der Waals surface area (Å²) in [5.41, 5.74) is 8.31. The Balaban J connectivity index is 2.07. The van der Waals surface area contributed by atoms with Crippen molar-refractivity contribution in [3.8, 4) is 11.4 Å². The van der Waals surface area contributed by atoms with Crippen molar-refractivity contribution in [2.24, 2.45) is 5.73 Å². The maximum absolute atomic E-state index is 5.74. The summed E-state index contributed by atoms with van der Waals surface area (Å²) in [7, 11) is 0. The van der Waals surface area contributed by atoms with Gasteiger partial charge in [0, 0.05) is 18.0 Å². The summed E-state index contributed by atoms with van der Waals surface area (Å²) in [6, 6.07) is 5.58. The van der Waals surface area contributed by atoms with Crippen LogP contribution < -0.4 is 5.73 Å². The predicted octanol–water partition coefficient (Wildman–Crippen LogP) is 1.43. The zero-order chi connectivity index (χ0) is 12.5. The molecule has 1 aromatic carbocycles. The van der Waals surface area contributed by atoms with Crippen molar-refractivity contribution in [1.29, 1.82) is 0 Å². The number of aromatic nitrogens is 5. The van der Waals surface area contributed by atoms with Crippen molar-refractivity contribution in [3.63, 3.8) is 0 Å². The fraction of sp³-hybridized carbons (Fsp3) is 0.167. The first kappa shape index (κ1) is 10.8. The lowest BCUT2D eigenvalue weighted by Gasteiger charge is -1.98. The normalized spacial score (nSPS) is 12.8. The molecule has 0 radical (unpaired) electrons. The molecule has 0 saturated carbocycles. The lowest BCUT2D eigenvalue weighted by molar-refractivity contribution is 0.745. The van der Waals surface area contributed by atoms with E-state index < -0.39 is 0 Å². The monoisotopic (exact) mass is 240 g/mol. The number of nitrogens with one attached hydrogen (secondary N) is 1. The van der Waals surface area contributed by atoms with Crippen molar-refractivity contribution >= 4 is 11.0 Å². The van der Waals surface area contributed by atoms with Crippen LogP contribution >= 0.6 is 0 Å². The van der Waals surface area contributed by atoms with Gasteiger partial charge < -0.3 is 5.73 Å². The number of benzene rings is 1. The summed E-state index contributed by atoms with van der Waals surface area (Å²) in [5.74, 6) is 1.29. The highest BCUT2D eigenvalue weighted by Gasteiger charge is 2.09. The van der Waals surface area contributed by atoms with E-state index >= 15 is 0 Å². The molecule has 18 heavy (non-hydrogen) atoms. The second-order valence-corrected chi connectivity index (χ2v) is 4.09. The van der Waals surface area contributed by atoms with Crippen LogP contribution in [0.2, 0.25) is 0 Å². The van der Waals surface area contributed by atoms with Gasteiger partial charge in [0.05, 0.1) is 17.1 Å². The summed E-state index contributed by atoms with van der Waals surface area (Å²) >= 11 is 0. The average molecular weight is 240 g/mol. The van der Waals surface area contributed by atoms with Gasteiger partial charge in [-0.2, -0.15) is 5.10 Å². The number of aromatic amines is 1. The first-order valence-electron chi connectivity index (χ1n) is 5.63. The number of nitrogens with zero attached hydrogens (tertiary/aromatic N) is 4. The number of H-pyrrole nitrogens is 1. The fourth-order valence-electron chi connectivity index (χ4n) is 1.71. The Labute approximate surface area is 103 Å². The van der Waals surface area contributed by atoms with E-state index in [1.807, 2.05) is 25.1 Å². The molecule has 0 amide bonds. The molecule has 3 N–H and O–H groups in total. The van der Waals surface area contributed by atoms with Crippen LogP contribution in [-0.2, 0) is 0 Å². The van der Waals surface area contributed by atoms with E-state index in [1.165, 1.54) is 0 Å². The molecule has 6 nitrogen and oxygen atoms in total. The van der Waals surface area contributed by atoms with Crippen LogP contribution in [0.4, 0.5) is 0 Å². The molecule has 0 bridgehead atoms. The number of hydrogen-bond acceptors (Lipinski definition) is 5. The number of nitrogens with two attached hydrogens (primary N) is 1. The smallest absolute Gasteiger partial charge is 0.181 e. The van der Waals surface area contributed by atoms with Crippen molar-refractivity contribution in [3.05, 3.63) is 36.4 Å². The Morgan fingerprint density at radius 1 is 1.17 bits per heavy atom. The molecule has 0 fully saturated rings. The third-order valence-electron chi connectivity index (χ3n) is 2.66. The minimum Gasteiger partial charge on any atom is -0.322 e. The van der Waals surface area contributed by atoms with E-state index in [4.69, 9.17) is 5.73 Å². The van der Waals surface area contributed by atoms with Crippen LogP contribution in [-0.4, -0.2) is 25.1 Å². The van der Waals surface area contributed by atoms with Crippen LogP contribution in [0.3, 0.4) is 0 Å². The Hall–Kier alpha value is -2.34. The second-order valence-electron chi connectivity index (χ2n) is 4.09. The van der Waals surface area contributed by atoms with Gasteiger partial charge >= 0.3 is 0 Å². The topological polar surface area (TPSA) is 93.4 Å². The highest BCUT2D eigenvalue weighted by molar-refractivity contribution is 5.79. The molecule has 0 aliphatic rings. The van der Waals surface area contributed by atoms with Gasteiger partial charge in [0.25, 0.3) is 0 Å². The van der Waals surface area contributed by atoms with E-state index in [2.05, 4.69) is 25.1 Å². The van der Waals surface area contributed by atoms with Gasteiger partial charge in [0.15, 0.2) is 5.82 Å². The zero-order valence-corrected chi connectivity index (χ0v) is 9.83. The van der Waals surface area contributed by atoms with E-state index in [-0.39, 0.29) is 6.04 Å². The third kappa shape index (κ3) is 1.82. The standard InChI is InChI=1S/C12H12N6/c1-7(13)11-16-12(18-17-11)8-2-3-9-10(6-8)15-5-4-14-9/h2-7H,13H2,1H3,(H,16,17,18). The number of rotatable bonds is 2. The van der Waals surface area contributed by atoms with Gasteiger partial charge in [-0.15, -0.1) is 0 Å². The van der Waals surface area contributed by atoms with Crippen LogP contribution in [0.25, 0.3) is 22.4 Å². The molecule has 90 valence electrons.